The van der Waals surface area contributed by atoms with Crippen LogP contribution in [-0.4, -0.2) is 6.71 Å². The molecular formula is C32H26BFNO+. The Morgan fingerprint density at radius 1 is 0.722 bits per heavy atom. The maximum atomic E-state index is 15.4. The van der Waals surface area contributed by atoms with Gasteiger partial charge in [-0.2, -0.15) is 0 Å². The molecule has 0 N–H and O–H groups in total. The van der Waals surface area contributed by atoms with Gasteiger partial charge in [-0.05, 0) is 41.8 Å². The molecule has 0 fully saturated rings. The molecule has 0 saturated heterocycles. The quantitative estimate of drug-likeness (QED) is 0.214. The Balaban J connectivity index is 1.52. The highest BCUT2D eigenvalue weighted by atomic mass is 19.1. The lowest BCUT2D eigenvalue weighted by atomic mass is 9.42. The lowest BCUT2D eigenvalue weighted by Gasteiger charge is -2.12. The predicted octanol–water partition coefficient (Wildman–Crippen LogP) is 6.43. The summed E-state index contributed by atoms with van der Waals surface area (Å²) in [6.07, 6.45) is 2.03. The predicted molar refractivity (Wildman–Crippen MR) is 148 cm³/mol. The Labute approximate surface area is 210 Å². The van der Waals surface area contributed by atoms with E-state index >= 15 is 4.39 Å². The normalized spacial score (nSPS) is 11.3. The standard InChI is InChI=1S/C32H26BFNO/c1-21-12-17-25-26-18-19-27(34)30(32(26)36-31(25)29(21)28-11-7-8-20-35(28)3)33(2)24-15-13-23(14-16-24)22-9-5-4-6-10-22/h4-20H,1-3H3/q+1. The van der Waals surface area contributed by atoms with E-state index in [0.717, 1.165) is 44.2 Å². The fraction of sp³-hybridized carbons (Fsp3) is 0.0938. The van der Waals surface area contributed by atoms with Crippen LogP contribution < -0.4 is 15.5 Å². The molecule has 0 saturated carbocycles. The number of fused-ring (bicyclic) bond motifs is 3. The van der Waals surface area contributed by atoms with Crippen LogP contribution in [0.15, 0.2) is 108 Å². The van der Waals surface area contributed by atoms with Crippen molar-refractivity contribution in [2.75, 3.05) is 0 Å². The summed E-state index contributed by atoms with van der Waals surface area (Å²) in [6.45, 7) is 3.97. The van der Waals surface area contributed by atoms with Crippen molar-refractivity contribution in [2.45, 2.75) is 13.7 Å². The van der Waals surface area contributed by atoms with E-state index in [0.29, 0.717) is 11.0 Å². The highest BCUT2D eigenvalue weighted by molar-refractivity contribution is 6.85. The fourth-order valence-corrected chi connectivity index (χ4v) is 5.27. The summed E-state index contributed by atoms with van der Waals surface area (Å²) in [4.78, 5) is 0. The zero-order chi connectivity index (χ0) is 24.8. The Hall–Kier alpha value is -4.18. The second-order valence-electron chi connectivity index (χ2n) is 9.48. The highest BCUT2D eigenvalue weighted by Crippen LogP contribution is 2.36. The van der Waals surface area contributed by atoms with Gasteiger partial charge in [0, 0.05) is 28.4 Å². The van der Waals surface area contributed by atoms with Gasteiger partial charge in [-0.3, -0.25) is 0 Å². The van der Waals surface area contributed by atoms with Gasteiger partial charge < -0.3 is 4.42 Å². The van der Waals surface area contributed by atoms with E-state index in [1.165, 1.54) is 5.56 Å². The molecule has 0 spiro atoms. The first-order valence-corrected chi connectivity index (χ1v) is 12.3. The maximum absolute atomic E-state index is 15.4. The van der Waals surface area contributed by atoms with Crippen LogP contribution in [0.3, 0.4) is 0 Å². The second kappa shape index (κ2) is 8.80. The second-order valence-corrected chi connectivity index (χ2v) is 9.48. The van der Waals surface area contributed by atoms with Gasteiger partial charge in [-0.25, -0.2) is 8.96 Å². The molecule has 2 nitrogen and oxygen atoms in total. The average molecular weight is 470 g/mol. The molecule has 2 heterocycles. The maximum Gasteiger partial charge on any atom is 0.216 e. The highest BCUT2D eigenvalue weighted by Gasteiger charge is 2.26. The number of furan rings is 1. The molecule has 0 atom stereocenters. The van der Waals surface area contributed by atoms with Crippen molar-refractivity contribution in [1.82, 2.24) is 0 Å². The zero-order valence-corrected chi connectivity index (χ0v) is 20.6. The number of aryl methyl sites for hydroxylation is 2. The molecule has 2 aromatic heterocycles. The van der Waals surface area contributed by atoms with E-state index in [1.54, 1.807) is 6.07 Å². The van der Waals surface area contributed by atoms with E-state index in [2.05, 4.69) is 66.1 Å². The van der Waals surface area contributed by atoms with E-state index in [-0.39, 0.29) is 12.5 Å². The summed E-state index contributed by atoms with van der Waals surface area (Å²) in [5, 5.41) is 1.94. The summed E-state index contributed by atoms with van der Waals surface area (Å²) in [5.41, 5.74) is 8.59. The molecular weight excluding hydrogens is 444 g/mol. The van der Waals surface area contributed by atoms with E-state index < -0.39 is 0 Å². The minimum atomic E-state index is -0.246. The third kappa shape index (κ3) is 3.61. The molecule has 6 aromatic rings. The molecule has 6 rings (SSSR count). The Bertz CT molecular complexity index is 1720. The third-order valence-corrected chi connectivity index (χ3v) is 7.27. The Morgan fingerprint density at radius 3 is 2.14 bits per heavy atom. The number of rotatable bonds is 4. The van der Waals surface area contributed by atoms with Gasteiger partial charge in [0.25, 0.3) is 0 Å². The smallest absolute Gasteiger partial charge is 0.216 e. The van der Waals surface area contributed by atoms with Gasteiger partial charge in [0.1, 0.15) is 24.0 Å². The van der Waals surface area contributed by atoms with Gasteiger partial charge in [-0.1, -0.05) is 79.0 Å². The molecule has 4 heteroatoms. The fourth-order valence-electron chi connectivity index (χ4n) is 5.27. The summed E-state index contributed by atoms with van der Waals surface area (Å²) in [6, 6.07) is 32.4. The average Bonchev–Trinajstić information content (AvgIpc) is 3.28. The zero-order valence-electron chi connectivity index (χ0n) is 20.6. The SMILES string of the molecule is CB(c1ccc(-c2ccccc2)cc1)c1c(F)ccc2c1oc1c(-c3cccc[n+]3C)c(C)ccc12. The molecule has 0 unspecified atom stereocenters. The lowest BCUT2D eigenvalue weighted by Crippen LogP contribution is -2.41. The number of benzene rings is 4. The first-order chi connectivity index (χ1) is 17.5. The van der Waals surface area contributed by atoms with Crippen LogP contribution in [-0.2, 0) is 7.05 Å². The summed E-state index contributed by atoms with van der Waals surface area (Å²) >= 11 is 0. The molecule has 0 aliphatic rings. The van der Waals surface area contributed by atoms with Crippen molar-refractivity contribution >= 4 is 39.6 Å². The van der Waals surface area contributed by atoms with Gasteiger partial charge in [-0.15, -0.1) is 0 Å². The van der Waals surface area contributed by atoms with Crippen molar-refractivity contribution in [2.24, 2.45) is 7.05 Å². The number of halogens is 1. The Morgan fingerprint density at radius 2 is 1.39 bits per heavy atom. The molecule has 36 heavy (non-hydrogen) atoms. The topological polar surface area (TPSA) is 17.0 Å². The molecule has 0 bridgehead atoms. The van der Waals surface area contributed by atoms with Crippen LogP contribution in [0, 0.1) is 12.7 Å². The van der Waals surface area contributed by atoms with E-state index in [4.69, 9.17) is 4.42 Å². The van der Waals surface area contributed by atoms with Gasteiger partial charge in [0.2, 0.25) is 12.4 Å². The first kappa shape index (κ1) is 22.3. The van der Waals surface area contributed by atoms with Gasteiger partial charge in [0.15, 0.2) is 6.20 Å². The first-order valence-electron chi connectivity index (χ1n) is 12.3. The van der Waals surface area contributed by atoms with Crippen molar-refractivity contribution in [3.8, 4) is 22.4 Å². The van der Waals surface area contributed by atoms with E-state index in [9.17, 15) is 0 Å². The number of aromatic nitrogens is 1. The number of hydrogen-bond donors (Lipinski definition) is 0. The van der Waals surface area contributed by atoms with Crippen LogP contribution in [0.4, 0.5) is 4.39 Å². The van der Waals surface area contributed by atoms with Crippen LogP contribution >= 0.6 is 0 Å². The molecule has 4 aromatic carbocycles. The molecule has 174 valence electrons. The molecule has 0 aliphatic heterocycles. The van der Waals surface area contributed by atoms with Crippen molar-refractivity contribution in [3.63, 3.8) is 0 Å². The number of pyridine rings is 1. The van der Waals surface area contributed by atoms with Crippen molar-refractivity contribution < 1.29 is 13.4 Å². The monoisotopic (exact) mass is 470 g/mol. The largest absolute Gasteiger partial charge is 0.456 e. The number of hydrogen-bond acceptors (Lipinski definition) is 1. The molecule has 0 radical (unpaired) electrons. The van der Waals surface area contributed by atoms with Crippen LogP contribution in [0.1, 0.15) is 5.56 Å². The molecule has 0 amide bonds. The van der Waals surface area contributed by atoms with Gasteiger partial charge in [0.05, 0.1) is 5.56 Å². The number of nitrogens with zero attached hydrogens (tertiary/aromatic N) is 1. The van der Waals surface area contributed by atoms with Gasteiger partial charge >= 0.3 is 0 Å². The van der Waals surface area contributed by atoms with Crippen LogP contribution in [0.25, 0.3) is 44.3 Å². The van der Waals surface area contributed by atoms with E-state index in [1.807, 2.05) is 56.5 Å². The summed E-state index contributed by atoms with van der Waals surface area (Å²) in [5.74, 6) is -0.246. The summed E-state index contributed by atoms with van der Waals surface area (Å²) < 4.78 is 24.1. The summed E-state index contributed by atoms with van der Waals surface area (Å²) in [7, 11) is 2.03. The Kier molecular flexibility index (Phi) is 5.45. The third-order valence-electron chi connectivity index (χ3n) is 7.27. The minimum absolute atomic E-state index is 0.170. The van der Waals surface area contributed by atoms with Crippen molar-refractivity contribution in [1.29, 1.82) is 0 Å². The van der Waals surface area contributed by atoms with Crippen molar-refractivity contribution in [3.05, 3.63) is 115 Å². The van der Waals surface area contributed by atoms with Crippen LogP contribution in [0.2, 0.25) is 6.82 Å². The minimum Gasteiger partial charge on any atom is -0.456 e. The van der Waals surface area contributed by atoms with Crippen LogP contribution in [0.5, 0.6) is 0 Å². The lowest BCUT2D eigenvalue weighted by molar-refractivity contribution is -0.660. The molecule has 0 aliphatic carbocycles.